The Labute approximate surface area is 127 Å². The van der Waals surface area contributed by atoms with E-state index in [1.54, 1.807) is 0 Å². The molecule has 3 nitrogen and oxygen atoms in total. The van der Waals surface area contributed by atoms with E-state index in [4.69, 9.17) is 4.74 Å². The van der Waals surface area contributed by atoms with Crippen LogP contribution in [-0.4, -0.2) is 11.5 Å². The standard InChI is InChI=1S/C18H24N2O/c1-4-14(3)16-10-6-7-11-17(16)21-18-12-8-9-15(20-18)13-19-5-2/h6-12,14,19H,4-5,13H2,1-3H3. The number of nitrogens with zero attached hydrogens (tertiary/aromatic N) is 1. The number of nitrogens with one attached hydrogen (secondary N) is 1. The third-order valence-corrected chi connectivity index (χ3v) is 3.61. The Bertz CT molecular complexity index is 569. The molecule has 1 N–H and O–H groups in total. The summed E-state index contributed by atoms with van der Waals surface area (Å²) in [7, 11) is 0. The Morgan fingerprint density at radius 2 is 1.90 bits per heavy atom. The van der Waals surface area contributed by atoms with Crippen molar-refractivity contribution < 1.29 is 4.74 Å². The van der Waals surface area contributed by atoms with Crippen LogP contribution in [-0.2, 0) is 6.54 Å². The normalized spacial score (nSPS) is 12.1. The fourth-order valence-electron chi connectivity index (χ4n) is 2.18. The molecule has 2 rings (SSSR count). The first-order valence-corrected chi connectivity index (χ1v) is 7.68. The van der Waals surface area contributed by atoms with Gasteiger partial charge in [-0.2, -0.15) is 0 Å². The topological polar surface area (TPSA) is 34.1 Å². The molecule has 0 fully saturated rings. The molecule has 1 heterocycles. The number of hydrogen-bond donors (Lipinski definition) is 1. The highest BCUT2D eigenvalue weighted by Gasteiger charge is 2.10. The lowest BCUT2D eigenvalue weighted by atomic mass is 9.98. The van der Waals surface area contributed by atoms with Gasteiger partial charge in [-0.15, -0.1) is 0 Å². The van der Waals surface area contributed by atoms with Crippen molar-refractivity contribution in [1.82, 2.24) is 10.3 Å². The largest absolute Gasteiger partial charge is 0.439 e. The molecule has 0 spiro atoms. The van der Waals surface area contributed by atoms with E-state index in [0.717, 1.165) is 31.0 Å². The molecule has 0 radical (unpaired) electrons. The van der Waals surface area contributed by atoms with Crippen LogP contribution in [0.5, 0.6) is 11.6 Å². The highest BCUT2D eigenvalue weighted by Crippen LogP contribution is 2.31. The van der Waals surface area contributed by atoms with E-state index in [0.29, 0.717) is 11.8 Å². The van der Waals surface area contributed by atoms with Crippen molar-refractivity contribution in [1.29, 1.82) is 0 Å². The predicted molar refractivity (Wildman–Crippen MR) is 86.8 cm³/mol. The Morgan fingerprint density at radius 1 is 1.10 bits per heavy atom. The quantitative estimate of drug-likeness (QED) is 0.813. The van der Waals surface area contributed by atoms with E-state index < -0.39 is 0 Å². The number of ether oxygens (including phenoxy) is 1. The fourth-order valence-corrected chi connectivity index (χ4v) is 2.18. The highest BCUT2D eigenvalue weighted by molar-refractivity contribution is 5.38. The predicted octanol–water partition coefficient (Wildman–Crippen LogP) is 4.50. The summed E-state index contributed by atoms with van der Waals surface area (Å²) in [5.41, 5.74) is 2.23. The first kappa shape index (κ1) is 15.5. The van der Waals surface area contributed by atoms with Crippen molar-refractivity contribution in [2.24, 2.45) is 0 Å². The fraction of sp³-hybridized carbons (Fsp3) is 0.389. The van der Waals surface area contributed by atoms with Crippen LogP contribution in [0.2, 0.25) is 0 Å². The Hall–Kier alpha value is -1.87. The van der Waals surface area contributed by atoms with Gasteiger partial charge in [-0.05, 0) is 36.6 Å². The molecule has 2 aromatic rings. The monoisotopic (exact) mass is 284 g/mol. The number of para-hydroxylation sites is 1. The molecule has 1 aromatic heterocycles. The number of rotatable bonds is 7. The summed E-state index contributed by atoms with van der Waals surface area (Å²) in [5, 5.41) is 3.28. The minimum Gasteiger partial charge on any atom is -0.439 e. The molecule has 0 aliphatic carbocycles. The van der Waals surface area contributed by atoms with Gasteiger partial charge >= 0.3 is 0 Å². The maximum Gasteiger partial charge on any atom is 0.219 e. The van der Waals surface area contributed by atoms with E-state index in [-0.39, 0.29) is 0 Å². The first-order valence-electron chi connectivity index (χ1n) is 7.68. The van der Waals surface area contributed by atoms with Gasteiger partial charge in [-0.1, -0.05) is 45.0 Å². The number of aromatic nitrogens is 1. The molecular formula is C18H24N2O. The van der Waals surface area contributed by atoms with Crippen molar-refractivity contribution in [3.8, 4) is 11.6 Å². The molecule has 0 bridgehead atoms. The Kier molecular flexibility index (Phi) is 5.76. The second-order valence-electron chi connectivity index (χ2n) is 5.20. The van der Waals surface area contributed by atoms with Crippen LogP contribution < -0.4 is 10.1 Å². The average molecular weight is 284 g/mol. The lowest BCUT2D eigenvalue weighted by Crippen LogP contribution is -2.12. The maximum absolute atomic E-state index is 6.01. The van der Waals surface area contributed by atoms with Crippen molar-refractivity contribution in [2.45, 2.75) is 39.7 Å². The van der Waals surface area contributed by atoms with Crippen LogP contribution >= 0.6 is 0 Å². The minimum atomic E-state index is 0.478. The zero-order chi connectivity index (χ0) is 15.1. The molecule has 112 valence electrons. The molecule has 1 unspecified atom stereocenters. The second-order valence-corrected chi connectivity index (χ2v) is 5.20. The van der Waals surface area contributed by atoms with Gasteiger partial charge in [0.1, 0.15) is 5.75 Å². The summed E-state index contributed by atoms with van der Waals surface area (Å²) >= 11 is 0. The highest BCUT2D eigenvalue weighted by atomic mass is 16.5. The zero-order valence-electron chi connectivity index (χ0n) is 13.1. The summed E-state index contributed by atoms with van der Waals surface area (Å²) in [6.07, 6.45) is 1.09. The van der Waals surface area contributed by atoms with Gasteiger partial charge in [0.15, 0.2) is 0 Å². The number of benzene rings is 1. The summed E-state index contributed by atoms with van der Waals surface area (Å²) in [4.78, 5) is 4.55. The third-order valence-electron chi connectivity index (χ3n) is 3.61. The summed E-state index contributed by atoms with van der Waals surface area (Å²) in [6.45, 7) is 8.20. The van der Waals surface area contributed by atoms with Crippen molar-refractivity contribution in [3.63, 3.8) is 0 Å². The van der Waals surface area contributed by atoms with Gasteiger partial charge in [0, 0.05) is 12.6 Å². The molecule has 3 heteroatoms. The Balaban J connectivity index is 2.18. The molecular weight excluding hydrogens is 260 g/mol. The lowest BCUT2D eigenvalue weighted by Gasteiger charge is -2.15. The van der Waals surface area contributed by atoms with E-state index in [9.17, 15) is 0 Å². The average Bonchev–Trinajstić information content (AvgIpc) is 2.53. The third kappa shape index (κ3) is 4.30. The van der Waals surface area contributed by atoms with Crippen LogP contribution in [0, 0.1) is 0 Å². The van der Waals surface area contributed by atoms with Crippen LogP contribution in [0.15, 0.2) is 42.5 Å². The van der Waals surface area contributed by atoms with E-state index >= 15 is 0 Å². The molecule has 1 aromatic carbocycles. The van der Waals surface area contributed by atoms with E-state index in [1.807, 2.05) is 30.3 Å². The molecule has 21 heavy (non-hydrogen) atoms. The van der Waals surface area contributed by atoms with Crippen LogP contribution in [0.1, 0.15) is 44.4 Å². The summed E-state index contributed by atoms with van der Waals surface area (Å²) in [5.74, 6) is 2.03. The zero-order valence-corrected chi connectivity index (χ0v) is 13.1. The van der Waals surface area contributed by atoms with Crippen molar-refractivity contribution in [3.05, 3.63) is 53.7 Å². The Morgan fingerprint density at radius 3 is 2.67 bits per heavy atom. The number of hydrogen-bond acceptors (Lipinski definition) is 3. The van der Waals surface area contributed by atoms with Gasteiger partial charge in [0.25, 0.3) is 0 Å². The van der Waals surface area contributed by atoms with Crippen molar-refractivity contribution >= 4 is 0 Å². The van der Waals surface area contributed by atoms with Gasteiger partial charge in [0.2, 0.25) is 5.88 Å². The molecule has 0 amide bonds. The second kappa shape index (κ2) is 7.79. The van der Waals surface area contributed by atoms with Gasteiger partial charge in [-0.3, -0.25) is 0 Å². The maximum atomic E-state index is 6.01. The molecule has 1 atom stereocenters. The lowest BCUT2D eigenvalue weighted by molar-refractivity contribution is 0.449. The minimum absolute atomic E-state index is 0.478. The van der Waals surface area contributed by atoms with Gasteiger partial charge in [0.05, 0.1) is 5.69 Å². The van der Waals surface area contributed by atoms with Crippen molar-refractivity contribution in [2.75, 3.05) is 6.54 Å². The molecule has 0 saturated carbocycles. The molecule has 0 aliphatic heterocycles. The van der Waals surface area contributed by atoms with Crippen LogP contribution in [0.4, 0.5) is 0 Å². The van der Waals surface area contributed by atoms with Gasteiger partial charge in [-0.25, -0.2) is 4.98 Å². The summed E-state index contributed by atoms with van der Waals surface area (Å²) < 4.78 is 6.01. The molecule has 0 aliphatic rings. The first-order chi connectivity index (χ1) is 10.2. The van der Waals surface area contributed by atoms with Gasteiger partial charge < -0.3 is 10.1 Å². The molecule has 0 saturated heterocycles. The SMILES string of the molecule is CCNCc1cccc(Oc2ccccc2C(C)CC)n1. The van der Waals surface area contributed by atoms with Crippen LogP contribution in [0.3, 0.4) is 0 Å². The van der Waals surface area contributed by atoms with Crippen LogP contribution in [0.25, 0.3) is 0 Å². The van der Waals surface area contributed by atoms with E-state index in [2.05, 4.69) is 43.2 Å². The number of pyridine rings is 1. The van der Waals surface area contributed by atoms with E-state index in [1.165, 1.54) is 5.56 Å². The smallest absolute Gasteiger partial charge is 0.219 e. The summed E-state index contributed by atoms with van der Waals surface area (Å²) in [6, 6.07) is 14.1.